The molecule has 0 unspecified atom stereocenters. The van der Waals surface area contributed by atoms with Gasteiger partial charge in [-0.25, -0.2) is 0 Å². The van der Waals surface area contributed by atoms with Gasteiger partial charge in [-0.15, -0.1) is 0 Å². The van der Waals surface area contributed by atoms with Crippen molar-refractivity contribution in [3.05, 3.63) is 28.2 Å². The molecule has 0 saturated heterocycles. The van der Waals surface area contributed by atoms with E-state index in [0.29, 0.717) is 5.69 Å². The van der Waals surface area contributed by atoms with E-state index < -0.39 is 0 Å². The van der Waals surface area contributed by atoms with Crippen molar-refractivity contribution in [1.29, 1.82) is 0 Å². The molecule has 0 aliphatic heterocycles. The quantitative estimate of drug-likeness (QED) is 0.862. The van der Waals surface area contributed by atoms with Gasteiger partial charge in [-0.3, -0.25) is 9.59 Å². The van der Waals surface area contributed by atoms with Crippen molar-refractivity contribution < 1.29 is 14.6 Å². The molecule has 6 nitrogen and oxygen atoms in total. The monoisotopic (exact) mass is 322 g/mol. The van der Waals surface area contributed by atoms with Gasteiger partial charge in [0.1, 0.15) is 6.54 Å². The van der Waals surface area contributed by atoms with Crippen LogP contribution in [-0.2, 0) is 17.9 Å². The van der Waals surface area contributed by atoms with E-state index in [0.717, 1.165) is 25.7 Å². The van der Waals surface area contributed by atoms with Crippen molar-refractivity contribution in [2.24, 2.45) is 0 Å². The summed E-state index contributed by atoms with van der Waals surface area (Å²) in [6, 6.07) is 1.53. The number of ether oxygens (including phenoxy) is 1. The van der Waals surface area contributed by atoms with Crippen molar-refractivity contribution in [3.8, 4) is 5.75 Å². The van der Waals surface area contributed by atoms with Gasteiger partial charge < -0.3 is 19.7 Å². The van der Waals surface area contributed by atoms with E-state index in [1.165, 1.54) is 38.6 Å². The molecule has 1 aromatic rings. The van der Waals surface area contributed by atoms with Crippen molar-refractivity contribution >= 4 is 5.91 Å². The second kappa shape index (κ2) is 8.72. The van der Waals surface area contributed by atoms with Gasteiger partial charge in [-0.05, 0) is 12.8 Å². The minimum atomic E-state index is -0.298. The summed E-state index contributed by atoms with van der Waals surface area (Å²) in [5, 5.41) is 12.5. The molecule has 1 aliphatic carbocycles. The number of hydrogen-bond acceptors (Lipinski definition) is 4. The number of nitrogens with zero attached hydrogens (tertiary/aromatic N) is 1. The molecule has 2 N–H and O–H groups in total. The third kappa shape index (κ3) is 5.10. The molecule has 1 fully saturated rings. The molecule has 0 radical (unpaired) electrons. The summed E-state index contributed by atoms with van der Waals surface area (Å²) >= 11 is 0. The molecule has 0 spiro atoms. The predicted molar refractivity (Wildman–Crippen MR) is 87.4 cm³/mol. The fourth-order valence-electron chi connectivity index (χ4n) is 3.06. The average Bonchev–Trinajstić information content (AvgIpc) is 2.51. The number of pyridine rings is 1. The lowest BCUT2D eigenvalue weighted by molar-refractivity contribution is -0.122. The number of aliphatic hydroxyl groups excluding tert-OH is 1. The Bertz CT molecular complexity index is 574. The van der Waals surface area contributed by atoms with Crippen LogP contribution in [0.5, 0.6) is 5.75 Å². The number of nitrogens with one attached hydrogen (secondary N) is 1. The van der Waals surface area contributed by atoms with Crippen molar-refractivity contribution in [2.45, 2.75) is 64.1 Å². The fourth-order valence-corrected chi connectivity index (χ4v) is 3.06. The zero-order valence-corrected chi connectivity index (χ0v) is 13.7. The SMILES string of the molecule is COc1cn(CC(=O)NC2CCCCCCC2)c(CO)cc1=O. The van der Waals surface area contributed by atoms with E-state index in [4.69, 9.17) is 4.74 Å². The molecule has 128 valence electrons. The summed E-state index contributed by atoms with van der Waals surface area (Å²) in [5.41, 5.74) is 0.108. The van der Waals surface area contributed by atoms with Crippen LogP contribution in [0.4, 0.5) is 0 Å². The van der Waals surface area contributed by atoms with Crippen LogP contribution in [0, 0.1) is 0 Å². The molecule has 1 aliphatic rings. The first kappa shape index (κ1) is 17.5. The highest BCUT2D eigenvalue weighted by Crippen LogP contribution is 2.17. The Kier molecular flexibility index (Phi) is 6.65. The molecule has 0 atom stereocenters. The van der Waals surface area contributed by atoms with Crippen molar-refractivity contribution in [1.82, 2.24) is 9.88 Å². The molecule has 2 rings (SSSR count). The zero-order chi connectivity index (χ0) is 16.7. The van der Waals surface area contributed by atoms with E-state index in [1.54, 1.807) is 4.57 Å². The minimum Gasteiger partial charge on any atom is -0.491 e. The molecule has 1 saturated carbocycles. The highest BCUT2D eigenvalue weighted by Gasteiger charge is 2.15. The molecule has 0 bridgehead atoms. The van der Waals surface area contributed by atoms with E-state index >= 15 is 0 Å². The zero-order valence-electron chi connectivity index (χ0n) is 13.7. The number of amides is 1. The molecule has 1 heterocycles. The summed E-state index contributed by atoms with van der Waals surface area (Å²) in [6.45, 7) is -0.223. The van der Waals surface area contributed by atoms with Crippen molar-refractivity contribution in [2.75, 3.05) is 7.11 Å². The van der Waals surface area contributed by atoms with Crippen LogP contribution in [-0.4, -0.2) is 28.7 Å². The maximum atomic E-state index is 12.3. The van der Waals surface area contributed by atoms with Crippen LogP contribution < -0.4 is 15.5 Å². The third-order valence-corrected chi connectivity index (χ3v) is 4.35. The van der Waals surface area contributed by atoms with Crippen LogP contribution in [0.2, 0.25) is 0 Å². The van der Waals surface area contributed by atoms with Crippen LogP contribution >= 0.6 is 0 Å². The highest BCUT2D eigenvalue weighted by atomic mass is 16.5. The number of aromatic nitrogens is 1. The minimum absolute atomic E-state index is 0.0725. The van der Waals surface area contributed by atoms with Crippen LogP contribution in [0.1, 0.15) is 50.6 Å². The lowest BCUT2D eigenvalue weighted by atomic mass is 9.97. The maximum absolute atomic E-state index is 12.3. The first-order valence-electron chi connectivity index (χ1n) is 8.31. The summed E-state index contributed by atoms with van der Waals surface area (Å²) in [5.74, 6) is 0.0666. The summed E-state index contributed by atoms with van der Waals surface area (Å²) in [7, 11) is 1.41. The molecule has 6 heteroatoms. The fraction of sp³-hybridized carbons (Fsp3) is 0.647. The summed E-state index contributed by atoms with van der Waals surface area (Å²) in [4.78, 5) is 24.0. The van der Waals surface area contributed by atoms with E-state index in [-0.39, 0.29) is 36.3 Å². The average molecular weight is 322 g/mol. The first-order chi connectivity index (χ1) is 11.1. The number of hydrogen-bond donors (Lipinski definition) is 2. The third-order valence-electron chi connectivity index (χ3n) is 4.35. The lowest BCUT2D eigenvalue weighted by Crippen LogP contribution is -2.38. The Morgan fingerprint density at radius 2 is 1.96 bits per heavy atom. The number of rotatable bonds is 5. The van der Waals surface area contributed by atoms with Crippen LogP contribution in [0.25, 0.3) is 0 Å². The highest BCUT2D eigenvalue weighted by molar-refractivity contribution is 5.76. The van der Waals surface area contributed by atoms with Gasteiger partial charge in [0.05, 0.1) is 19.9 Å². The summed E-state index contributed by atoms with van der Waals surface area (Å²) in [6.07, 6.45) is 9.58. The van der Waals surface area contributed by atoms with Gasteiger partial charge in [-0.2, -0.15) is 0 Å². The molecular formula is C17H26N2O4. The van der Waals surface area contributed by atoms with Crippen molar-refractivity contribution in [3.63, 3.8) is 0 Å². The Balaban J connectivity index is 2.02. The van der Waals surface area contributed by atoms with Gasteiger partial charge in [0.2, 0.25) is 11.3 Å². The normalized spacial score (nSPS) is 16.4. The van der Waals surface area contributed by atoms with Crippen LogP contribution in [0.3, 0.4) is 0 Å². The largest absolute Gasteiger partial charge is 0.491 e. The molecule has 23 heavy (non-hydrogen) atoms. The van der Waals surface area contributed by atoms with Gasteiger partial charge >= 0.3 is 0 Å². The predicted octanol–water partition coefficient (Wildman–Crippen LogP) is 1.58. The number of carbonyl (C=O) groups is 1. The molecule has 1 aromatic heterocycles. The Labute approximate surface area is 136 Å². The molecular weight excluding hydrogens is 296 g/mol. The summed E-state index contributed by atoms with van der Waals surface area (Å²) < 4.78 is 6.57. The second-order valence-corrected chi connectivity index (χ2v) is 6.09. The maximum Gasteiger partial charge on any atom is 0.240 e. The van der Waals surface area contributed by atoms with Crippen LogP contribution in [0.15, 0.2) is 17.1 Å². The Hall–Kier alpha value is -1.82. The smallest absolute Gasteiger partial charge is 0.240 e. The van der Waals surface area contributed by atoms with E-state index in [1.807, 2.05) is 0 Å². The number of methoxy groups -OCH3 is 1. The Morgan fingerprint density at radius 3 is 2.57 bits per heavy atom. The van der Waals surface area contributed by atoms with Gasteiger partial charge in [0.25, 0.3) is 0 Å². The van der Waals surface area contributed by atoms with Gasteiger partial charge in [-0.1, -0.05) is 32.1 Å². The lowest BCUT2D eigenvalue weighted by Gasteiger charge is -2.22. The molecule has 1 amide bonds. The topological polar surface area (TPSA) is 80.6 Å². The van der Waals surface area contributed by atoms with E-state index in [9.17, 15) is 14.7 Å². The standard InChI is InChI=1S/C17H26N2O4/c1-23-16-10-19(14(12-20)9-15(16)21)11-17(22)18-13-7-5-3-2-4-6-8-13/h9-10,13,20H,2-8,11-12H2,1H3,(H,18,22). The first-order valence-corrected chi connectivity index (χ1v) is 8.31. The van der Waals surface area contributed by atoms with Gasteiger partial charge in [0.15, 0.2) is 5.75 Å². The van der Waals surface area contributed by atoms with E-state index in [2.05, 4.69) is 5.32 Å². The number of carbonyl (C=O) groups excluding carboxylic acids is 1. The number of aliphatic hydroxyl groups is 1. The molecule has 0 aromatic carbocycles. The second-order valence-electron chi connectivity index (χ2n) is 6.09. The van der Waals surface area contributed by atoms with Gasteiger partial charge in [0, 0.05) is 17.8 Å². The Morgan fingerprint density at radius 1 is 1.30 bits per heavy atom.